The zero-order valence-electron chi connectivity index (χ0n) is 22.6. The summed E-state index contributed by atoms with van der Waals surface area (Å²) in [6.45, 7) is 7.58. The number of hydrogen-bond acceptors (Lipinski definition) is 11. The van der Waals surface area contributed by atoms with E-state index in [1.165, 1.54) is 6.26 Å². The van der Waals surface area contributed by atoms with Gasteiger partial charge in [0.15, 0.2) is 0 Å². The van der Waals surface area contributed by atoms with Gasteiger partial charge in [-0.1, -0.05) is 6.07 Å². The number of benzene rings is 1. The van der Waals surface area contributed by atoms with Gasteiger partial charge in [0, 0.05) is 34.5 Å². The fourth-order valence-electron chi connectivity index (χ4n) is 3.29. The minimum atomic E-state index is -2.95. The first-order valence-corrected chi connectivity index (χ1v) is 15.1. The molecule has 1 aromatic carbocycles. The molecule has 39 heavy (non-hydrogen) atoms. The van der Waals surface area contributed by atoms with Gasteiger partial charge in [-0.2, -0.15) is 4.98 Å². The molecule has 4 N–H and O–H groups in total. The van der Waals surface area contributed by atoms with Crippen molar-refractivity contribution in [3.63, 3.8) is 0 Å². The number of carbonyl (C=O) groups is 2. The number of ether oxygens (including phenoxy) is 2. The van der Waals surface area contributed by atoms with Gasteiger partial charge in [-0.15, -0.1) is 15.7 Å². The topological polar surface area (TPSA) is 158 Å². The first-order valence-electron chi connectivity index (χ1n) is 12.3. The van der Waals surface area contributed by atoms with Crippen molar-refractivity contribution in [2.24, 2.45) is 10.1 Å². The Morgan fingerprint density at radius 3 is 2.54 bits per heavy atom. The maximum Gasteiger partial charge on any atom is 0.442 e. The van der Waals surface area contributed by atoms with Crippen molar-refractivity contribution in [3.05, 3.63) is 48.0 Å². The van der Waals surface area contributed by atoms with Gasteiger partial charge in [0.25, 0.3) is 0 Å². The number of amides is 1. The minimum absolute atomic E-state index is 0.152. The molecule has 2 atom stereocenters. The highest BCUT2D eigenvalue weighted by Gasteiger charge is 2.22. The third-order valence-corrected chi connectivity index (χ3v) is 7.64. The first-order chi connectivity index (χ1) is 18.4. The van der Waals surface area contributed by atoms with Crippen LogP contribution in [0.1, 0.15) is 34.1 Å². The number of esters is 1. The molecule has 210 valence electrons. The number of nitrogens with one attached hydrogen (secondary N) is 2. The molecule has 0 spiro atoms. The largest absolute Gasteiger partial charge is 0.459 e. The summed E-state index contributed by atoms with van der Waals surface area (Å²) in [7, 11) is -2.95. The molecule has 0 radical (unpaired) electrons. The van der Waals surface area contributed by atoms with Crippen molar-refractivity contribution < 1.29 is 23.3 Å². The van der Waals surface area contributed by atoms with E-state index in [4.69, 9.17) is 15.2 Å². The van der Waals surface area contributed by atoms with E-state index >= 15 is 0 Å². The number of thiophene rings is 1. The molecule has 0 saturated carbocycles. The van der Waals surface area contributed by atoms with E-state index in [9.17, 15) is 13.8 Å². The molecule has 0 aliphatic rings. The van der Waals surface area contributed by atoms with Gasteiger partial charge in [-0.3, -0.25) is 4.79 Å². The number of aromatic nitrogens is 2. The Morgan fingerprint density at radius 1 is 1.21 bits per heavy atom. The highest BCUT2D eigenvalue weighted by molar-refractivity contribution is 7.93. The van der Waals surface area contributed by atoms with E-state index in [0.717, 1.165) is 10.4 Å². The van der Waals surface area contributed by atoms with Gasteiger partial charge in [-0.25, -0.2) is 14.0 Å². The summed E-state index contributed by atoms with van der Waals surface area (Å²) in [4.78, 5) is 34.3. The molecule has 3 rings (SSSR count). The van der Waals surface area contributed by atoms with Crippen molar-refractivity contribution >= 4 is 50.6 Å². The van der Waals surface area contributed by atoms with Gasteiger partial charge in [-0.05, 0) is 69.8 Å². The second kappa shape index (κ2) is 13.0. The fraction of sp³-hybridized carbons (Fsp3) is 0.385. The van der Waals surface area contributed by atoms with E-state index in [0.29, 0.717) is 35.3 Å². The van der Waals surface area contributed by atoms with Crippen molar-refractivity contribution in [2.75, 3.05) is 30.0 Å². The number of nitrogens with two attached hydrogens (primary N) is 1. The van der Waals surface area contributed by atoms with Gasteiger partial charge < -0.3 is 25.8 Å². The van der Waals surface area contributed by atoms with Gasteiger partial charge in [0.1, 0.15) is 17.5 Å². The maximum atomic E-state index is 12.8. The monoisotopic (exact) mass is 574 g/mol. The zero-order valence-corrected chi connectivity index (χ0v) is 24.2. The van der Waals surface area contributed by atoms with E-state index in [-0.39, 0.29) is 6.61 Å². The van der Waals surface area contributed by atoms with Crippen LogP contribution in [0.3, 0.4) is 0 Å². The van der Waals surface area contributed by atoms with Crippen LogP contribution in [0.4, 0.5) is 22.2 Å². The predicted molar refractivity (Wildman–Crippen MR) is 154 cm³/mol. The molecule has 2 aromatic heterocycles. The van der Waals surface area contributed by atoms with Gasteiger partial charge in [0.05, 0.1) is 21.9 Å². The lowest BCUT2D eigenvalue weighted by Gasteiger charge is -2.22. The molecule has 0 fully saturated rings. The third kappa shape index (κ3) is 9.01. The van der Waals surface area contributed by atoms with Crippen LogP contribution < -0.4 is 16.4 Å². The Bertz CT molecular complexity index is 1400. The second-order valence-electron chi connectivity index (χ2n) is 9.53. The average Bonchev–Trinajstić information content (AvgIpc) is 3.38. The average molecular weight is 575 g/mol. The van der Waals surface area contributed by atoms with E-state index in [1.54, 1.807) is 69.5 Å². The van der Waals surface area contributed by atoms with Gasteiger partial charge >= 0.3 is 12.1 Å². The van der Waals surface area contributed by atoms with Crippen LogP contribution in [0.2, 0.25) is 0 Å². The minimum Gasteiger partial charge on any atom is -0.459 e. The van der Waals surface area contributed by atoms with Crippen molar-refractivity contribution in [3.8, 4) is 10.4 Å². The fourth-order valence-corrected chi connectivity index (χ4v) is 5.12. The summed E-state index contributed by atoms with van der Waals surface area (Å²) >= 11 is 1.55. The lowest BCUT2D eigenvalue weighted by molar-refractivity contribution is -0.156. The highest BCUT2D eigenvalue weighted by atomic mass is 32.2. The number of hydrogen-bond donors (Lipinski definition) is 3. The molecule has 2 heterocycles. The van der Waals surface area contributed by atoms with E-state index in [1.807, 2.05) is 17.5 Å². The molecular formula is C26H34N6O5S2. The first kappa shape index (κ1) is 30.0. The standard InChI is InChI=1S/C26H34N6O5S2/c1-6-36-25(34)32-39(5,35)18-11-9-17(10-12-18)30-24-29-16-19(21-8-7-15-38-21)22(31-24)28-14-13-20(27)23(33)37-26(2,3)4/h7-12,15-16,20H,6,13-14,27H2,1-5H3,(H2,28,29,30,31)/t20-,39?/m0/s1. The number of carbonyl (C=O) groups excluding carboxylic acids is 2. The summed E-state index contributed by atoms with van der Waals surface area (Å²) in [5, 5.41) is 8.36. The molecule has 0 bridgehead atoms. The highest BCUT2D eigenvalue weighted by Crippen LogP contribution is 2.31. The van der Waals surface area contributed by atoms with Crippen molar-refractivity contribution in [2.45, 2.75) is 50.7 Å². The van der Waals surface area contributed by atoms with Crippen LogP contribution in [-0.4, -0.2) is 57.3 Å². The van der Waals surface area contributed by atoms with Crippen molar-refractivity contribution in [1.82, 2.24) is 9.97 Å². The lowest BCUT2D eigenvalue weighted by Crippen LogP contribution is -2.38. The van der Waals surface area contributed by atoms with Crippen LogP contribution in [-0.2, 0) is 24.0 Å². The molecule has 1 unspecified atom stereocenters. The normalized spacial score (nSPS) is 13.6. The molecule has 0 aliphatic heterocycles. The third-order valence-electron chi connectivity index (χ3n) is 5.10. The molecule has 13 heteroatoms. The summed E-state index contributed by atoms with van der Waals surface area (Å²) in [5.41, 5.74) is 6.87. The number of rotatable bonds is 10. The zero-order chi connectivity index (χ0) is 28.6. The molecule has 11 nitrogen and oxygen atoms in total. The summed E-state index contributed by atoms with van der Waals surface area (Å²) in [6.07, 6.45) is 2.58. The van der Waals surface area contributed by atoms with E-state index < -0.39 is 33.4 Å². The molecule has 0 aliphatic carbocycles. The van der Waals surface area contributed by atoms with Crippen LogP contribution in [0.25, 0.3) is 10.4 Å². The quantitative estimate of drug-likeness (QED) is 0.280. The van der Waals surface area contributed by atoms with Gasteiger partial charge in [0.2, 0.25) is 5.95 Å². The Morgan fingerprint density at radius 2 is 1.92 bits per heavy atom. The Balaban J connectivity index is 1.75. The Hall–Kier alpha value is -3.55. The van der Waals surface area contributed by atoms with Crippen LogP contribution in [0.15, 0.2) is 57.2 Å². The lowest BCUT2D eigenvalue weighted by atomic mass is 10.1. The summed E-state index contributed by atoms with van der Waals surface area (Å²) in [5.74, 6) is 0.450. The summed E-state index contributed by atoms with van der Waals surface area (Å²) < 4.78 is 26.6. The number of anilines is 3. The van der Waals surface area contributed by atoms with E-state index in [2.05, 4.69) is 25.0 Å². The predicted octanol–water partition coefficient (Wildman–Crippen LogP) is 5.03. The maximum absolute atomic E-state index is 12.8. The second-order valence-corrected chi connectivity index (χ2v) is 12.7. The number of nitrogens with zero attached hydrogens (tertiary/aromatic N) is 3. The molecule has 3 aromatic rings. The SMILES string of the molecule is CCOC(=O)N=S(C)(=O)c1ccc(Nc2ncc(-c3cccs3)c(NCC[C@H](N)C(=O)OC(C)(C)C)n2)cc1. The van der Waals surface area contributed by atoms with Crippen LogP contribution in [0.5, 0.6) is 0 Å². The van der Waals surface area contributed by atoms with Crippen molar-refractivity contribution in [1.29, 1.82) is 0 Å². The van der Waals surface area contributed by atoms with Crippen LogP contribution >= 0.6 is 11.3 Å². The Labute approximate surface area is 232 Å². The van der Waals surface area contributed by atoms with Crippen LogP contribution in [0, 0.1) is 0 Å². The summed E-state index contributed by atoms with van der Waals surface area (Å²) in [6, 6.07) is 9.76. The smallest absolute Gasteiger partial charge is 0.442 e. The molecule has 0 saturated heterocycles. The molecule has 1 amide bonds. The Kier molecular flexibility index (Phi) is 10.0. The molecular weight excluding hydrogens is 540 g/mol.